The molecule has 0 saturated heterocycles. The lowest BCUT2D eigenvalue weighted by molar-refractivity contribution is 0.143. The van der Waals surface area contributed by atoms with Crippen molar-refractivity contribution in [3.05, 3.63) is 0 Å². The molecule has 0 aliphatic heterocycles. The summed E-state index contributed by atoms with van der Waals surface area (Å²) in [5.41, 5.74) is 0.395. The first-order valence-corrected chi connectivity index (χ1v) is 7.94. The van der Waals surface area contributed by atoms with Crippen LogP contribution in [0.4, 0.5) is 0 Å². The molecule has 4 nitrogen and oxygen atoms in total. The highest BCUT2D eigenvalue weighted by Crippen LogP contribution is 2.21. The molecule has 0 saturated carbocycles. The molecule has 1 atom stereocenters. The molecule has 0 spiro atoms. The smallest absolute Gasteiger partial charge is 0.191 e. The highest BCUT2D eigenvalue weighted by Gasteiger charge is 2.13. The fourth-order valence-corrected chi connectivity index (χ4v) is 1.83. The topological polar surface area (TPSA) is 45.6 Å². The Hall–Kier alpha value is -0.770. The van der Waals surface area contributed by atoms with Gasteiger partial charge in [0.25, 0.3) is 0 Å². The maximum absolute atomic E-state index is 5.32. The molecule has 0 fully saturated rings. The molecular formula is C16H35N3O. The van der Waals surface area contributed by atoms with Gasteiger partial charge in [0, 0.05) is 32.8 Å². The van der Waals surface area contributed by atoms with Crippen molar-refractivity contribution in [3.63, 3.8) is 0 Å². The van der Waals surface area contributed by atoms with Crippen LogP contribution >= 0.6 is 0 Å². The van der Waals surface area contributed by atoms with E-state index >= 15 is 0 Å². The van der Waals surface area contributed by atoms with E-state index in [1.165, 1.54) is 6.42 Å². The molecule has 0 aromatic carbocycles. The van der Waals surface area contributed by atoms with Crippen molar-refractivity contribution in [2.24, 2.45) is 10.4 Å². The van der Waals surface area contributed by atoms with E-state index in [1.54, 1.807) is 0 Å². The van der Waals surface area contributed by atoms with Gasteiger partial charge in [-0.25, -0.2) is 0 Å². The summed E-state index contributed by atoms with van der Waals surface area (Å²) in [6, 6.07) is 0.448. The van der Waals surface area contributed by atoms with Gasteiger partial charge in [0.15, 0.2) is 5.96 Å². The molecule has 120 valence electrons. The average molecular weight is 285 g/mol. The zero-order chi connectivity index (χ0) is 15.4. The number of hydrogen-bond donors (Lipinski definition) is 2. The Balaban J connectivity index is 3.75. The second-order valence-corrected chi connectivity index (χ2v) is 6.55. The number of guanidine groups is 1. The summed E-state index contributed by atoms with van der Waals surface area (Å²) < 4.78 is 5.32. The van der Waals surface area contributed by atoms with Gasteiger partial charge in [-0.05, 0) is 44.9 Å². The van der Waals surface area contributed by atoms with Crippen molar-refractivity contribution in [2.75, 3.05) is 26.8 Å². The summed E-state index contributed by atoms with van der Waals surface area (Å²) in [6.45, 7) is 13.7. The highest BCUT2D eigenvalue weighted by molar-refractivity contribution is 5.79. The number of ether oxygens (including phenoxy) is 1. The minimum atomic E-state index is 0.395. The lowest BCUT2D eigenvalue weighted by atomic mass is 9.89. The number of unbranched alkanes of at least 4 members (excludes halogenated alkanes) is 1. The molecule has 0 aliphatic rings. The first-order valence-electron chi connectivity index (χ1n) is 7.94. The summed E-state index contributed by atoms with van der Waals surface area (Å²) in [4.78, 5) is 4.27. The maximum Gasteiger partial charge on any atom is 0.191 e. The van der Waals surface area contributed by atoms with Gasteiger partial charge < -0.3 is 15.4 Å². The van der Waals surface area contributed by atoms with Gasteiger partial charge in [-0.2, -0.15) is 0 Å². The second-order valence-electron chi connectivity index (χ2n) is 6.55. The van der Waals surface area contributed by atoms with Gasteiger partial charge in [0.05, 0.1) is 0 Å². The summed E-state index contributed by atoms with van der Waals surface area (Å²) >= 11 is 0. The quantitative estimate of drug-likeness (QED) is 0.388. The van der Waals surface area contributed by atoms with Gasteiger partial charge in [-0.3, -0.25) is 4.99 Å². The Morgan fingerprint density at radius 3 is 2.50 bits per heavy atom. The van der Waals surface area contributed by atoms with Crippen molar-refractivity contribution >= 4 is 5.96 Å². The summed E-state index contributed by atoms with van der Waals surface area (Å²) in [6.07, 6.45) is 4.58. The molecule has 0 bridgehead atoms. The van der Waals surface area contributed by atoms with Crippen molar-refractivity contribution in [2.45, 2.75) is 66.3 Å². The van der Waals surface area contributed by atoms with Gasteiger partial charge >= 0.3 is 0 Å². The molecule has 20 heavy (non-hydrogen) atoms. The van der Waals surface area contributed by atoms with Crippen LogP contribution < -0.4 is 10.6 Å². The monoisotopic (exact) mass is 285 g/mol. The minimum Gasteiger partial charge on any atom is -0.382 e. The predicted molar refractivity (Wildman–Crippen MR) is 88.4 cm³/mol. The standard InChI is InChI=1S/C16H35N3O/c1-7-20-13-9-8-12-18-15(17-6)19-14(2)10-11-16(3,4)5/h14H,7-13H2,1-6H3,(H2,17,18,19). The Kier molecular flexibility index (Phi) is 10.5. The van der Waals surface area contributed by atoms with E-state index in [2.05, 4.69) is 43.3 Å². The number of nitrogens with one attached hydrogen (secondary N) is 2. The van der Waals surface area contributed by atoms with Crippen LogP contribution in [-0.4, -0.2) is 38.8 Å². The maximum atomic E-state index is 5.32. The molecule has 1 unspecified atom stereocenters. The lowest BCUT2D eigenvalue weighted by Crippen LogP contribution is -2.42. The average Bonchev–Trinajstić information content (AvgIpc) is 2.38. The van der Waals surface area contributed by atoms with E-state index in [-0.39, 0.29) is 0 Å². The third-order valence-corrected chi connectivity index (χ3v) is 3.15. The summed E-state index contributed by atoms with van der Waals surface area (Å²) in [5, 5.41) is 6.81. The first-order chi connectivity index (χ1) is 9.39. The van der Waals surface area contributed by atoms with E-state index in [0.29, 0.717) is 11.5 Å². The van der Waals surface area contributed by atoms with Crippen LogP contribution in [0.2, 0.25) is 0 Å². The summed E-state index contributed by atoms with van der Waals surface area (Å²) in [7, 11) is 1.83. The van der Waals surface area contributed by atoms with Crippen LogP contribution in [0.25, 0.3) is 0 Å². The van der Waals surface area contributed by atoms with Crippen molar-refractivity contribution in [3.8, 4) is 0 Å². The largest absolute Gasteiger partial charge is 0.382 e. The molecule has 0 aromatic rings. The Morgan fingerprint density at radius 2 is 1.95 bits per heavy atom. The van der Waals surface area contributed by atoms with E-state index in [9.17, 15) is 0 Å². The van der Waals surface area contributed by atoms with Crippen molar-refractivity contribution < 1.29 is 4.74 Å². The zero-order valence-electron chi connectivity index (χ0n) is 14.4. The zero-order valence-corrected chi connectivity index (χ0v) is 14.4. The SMILES string of the molecule is CCOCCCCNC(=NC)NC(C)CCC(C)(C)C. The molecule has 0 aliphatic carbocycles. The predicted octanol–water partition coefficient (Wildman–Crippen LogP) is 3.18. The number of hydrogen-bond acceptors (Lipinski definition) is 2. The van der Waals surface area contributed by atoms with Crippen LogP contribution in [0, 0.1) is 5.41 Å². The molecule has 0 amide bonds. The van der Waals surface area contributed by atoms with Crippen LogP contribution in [-0.2, 0) is 4.74 Å². The van der Waals surface area contributed by atoms with E-state index in [0.717, 1.165) is 45.0 Å². The molecule has 2 N–H and O–H groups in total. The highest BCUT2D eigenvalue weighted by atomic mass is 16.5. The minimum absolute atomic E-state index is 0.395. The molecule has 0 rings (SSSR count). The number of aliphatic imine (C=N–C) groups is 1. The van der Waals surface area contributed by atoms with Crippen LogP contribution in [0.15, 0.2) is 4.99 Å². The lowest BCUT2D eigenvalue weighted by Gasteiger charge is -2.23. The molecule has 4 heteroatoms. The second kappa shape index (κ2) is 11.0. The van der Waals surface area contributed by atoms with Crippen molar-refractivity contribution in [1.82, 2.24) is 10.6 Å². The van der Waals surface area contributed by atoms with Crippen LogP contribution in [0.3, 0.4) is 0 Å². The molecule has 0 radical (unpaired) electrons. The molecule has 0 heterocycles. The van der Waals surface area contributed by atoms with Gasteiger partial charge in [-0.15, -0.1) is 0 Å². The van der Waals surface area contributed by atoms with E-state index in [4.69, 9.17) is 4.74 Å². The van der Waals surface area contributed by atoms with E-state index in [1.807, 2.05) is 14.0 Å². The number of nitrogens with zero attached hydrogens (tertiary/aromatic N) is 1. The Labute approximate surface area is 125 Å². The van der Waals surface area contributed by atoms with Crippen molar-refractivity contribution in [1.29, 1.82) is 0 Å². The normalized spacial score (nSPS) is 14.2. The van der Waals surface area contributed by atoms with Gasteiger partial charge in [0.1, 0.15) is 0 Å². The fraction of sp³-hybridized carbons (Fsp3) is 0.938. The van der Waals surface area contributed by atoms with Gasteiger partial charge in [-0.1, -0.05) is 20.8 Å². The number of rotatable bonds is 9. The van der Waals surface area contributed by atoms with Crippen LogP contribution in [0.5, 0.6) is 0 Å². The summed E-state index contributed by atoms with van der Waals surface area (Å²) in [5.74, 6) is 0.905. The molecule has 0 aromatic heterocycles. The van der Waals surface area contributed by atoms with Gasteiger partial charge in [0.2, 0.25) is 0 Å². The third kappa shape index (κ3) is 12.3. The third-order valence-electron chi connectivity index (χ3n) is 3.15. The Bertz CT molecular complexity index is 259. The first kappa shape index (κ1) is 19.2. The Morgan fingerprint density at radius 1 is 1.25 bits per heavy atom. The fourth-order valence-electron chi connectivity index (χ4n) is 1.83. The van der Waals surface area contributed by atoms with E-state index < -0.39 is 0 Å². The molecular weight excluding hydrogens is 250 g/mol. The van der Waals surface area contributed by atoms with Crippen LogP contribution in [0.1, 0.15) is 60.3 Å².